The Morgan fingerprint density at radius 3 is 1.94 bits per heavy atom. The number of hydrogen-bond donors (Lipinski definition) is 1. The summed E-state index contributed by atoms with van der Waals surface area (Å²) in [7, 11) is 0. The van der Waals surface area contributed by atoms with Crippen molar-refractivity contribution in [2.45, 2.75) is 41.5 Å². The fourth-order valence-corrected chi connectivity index (χ4v) is 1.29. The molecule has 0 fully saturated rings. The molecule has 0 aromatic rings. The lowest BCUT2D eigenvalue weighted by Crippen LogP contribution is -2.33. The Morgan fingerprint density at radius 2 is 1.65 bits per heavy atom. The minimum Gasteiger partial charge on any atom is -0.481 e. The summed E-state index contributed by atoms with van der Waals surface area (Å²) in [5.41, 5.74) is -0.593. The Bertz CT molecular complexity index is 276. The monoisotopic (exact) mass is 244 g/mol. The lowest BCUT2D eigenvalue weighted by Gasteiger charge is -2.25. The zero-order valence-corrected chi connectivity index (χ0v) is 11.6. The van der Waals surface area contributed by atoms with Crippen LogP contribution in [0, 0.1) is 23.2 Å². The first-order valence-electron chi connectivity index (χ1n) is 5.97. The largest absolute Gasteiger partial charge is 0.481 e. The zero-order chi connectivity index (χ0) is 13.8. The first kappa shape index (κ1) is 15.9. The fourth-order valence-electron chi connectivity index (χ4n) is 1.29. The second-order valence-electron chi connectivity index (χ2n) is 5.90. The van der Waals surface area contributed by atoms with Crippen LogP contribution >= 0.6 is 0 Å². The van der Waals surface area contributed by atoms with Crippen molar-refractivity contribution in [3.63, 3.8) is 0 Å². The second-order valence-corrected chi connectivity index (χ2v) is 5.90. The van der Waals surface area contributed by atoms with Crippen molar-refractivity contribution < 1.29 is 19.4 Å². The van der Waals surface area contributed by atoms with Crippen LogP contribution in [-0.2, 0) is 14.3 Å². The summed E-state index contributed by atoms with van der Waals surface area (Å²) in [6, 6.07) is 0. The van der Waals surface area contributed by atoms with Gasteiger partial charge in [0.15, 0.2) is 0 Å². The Balaban J connectivity index is 4.49. The topological polar surface area (TPSA) is 63.6 Å². The van der Waals surface area contributed by atoms with Gasteiger partial charge in [-0.15, -0.1) is 0 Å². The van der Waals surface area contributed by atoms with Gasteiger partial charge in [-0.25, -0.2) is 0 Å². The summed E-state index contributed by atoms with van der Waals surface area (Å²) >= 11 is 0. The van der Waals surface area contributed by atoms with Gasteiger partial charge in [0.05, 0.1) is 11.3 Å². The standard InChI is InChI=1S/C13H24O4/c1-8(2)9(3)10(11(14)15)7-17-12(16)13(4,5)6/h8-10H,7H2,1-6H3,(H,14,15)/t9-,10+/m0/s1. The maximum absolute atomic E-state index is 11.6. The van der Waals surface area contributed by atoms with Crippen molar-refractivity contribution in [2.75, 3.05) is 6.61 Å². The first-order chi connectivity index (χ1) is 7.57. The number of esters is 1. The van der Waals surface area contributed by atoms with E-state index in [-0.39, 0.29) is 24.4 Å². The third-order valence-corrected chi connectivity index (χ3v) is 3.01. The predicted octanol–water partition coefficient (Wildman–Crippen LogP) is 2.57. The molecule has 0 bridgehead atoms. The van der Waals surface area contributed by atoms with Gasteiger partial charge < -0.3 is 9.84 Å². The molecule has 0 aromatic carbocycles. The summed E-state index contributed by atoms with van der Waals surface area (Å²) < 4.78 is 5.08. The Labute approximate surface area is 103 Å². The van der Waals surface area contributed by atoms with Crippen molar-refractivity contribution >= 4 is 11.9 Å². The molecule has 0 aromatic heterocycles. The maximum Gasteiger partial charge on any atom is 0.311 e. The summed E-state index contributed by atoms with van der Waals surface area (Å²) in [5, 5.41) is 9.12. The van der Waals surface area contributed by atoms with Crippen LogP contribution in [-0.4, -0.2) is 23.7 Å². The number of carboxylic acid groups (broad SMARTS) is 1. The highest BCUT2D eigenvalue weighted by molar-refractivity contribution is 5.76. The second kappa shape index (κ2) is 6.03. The molecular formula is C13H24O4. The van der Waals surface area contributed by atoms with E-state index in [1.165, 1.54) is 0 Å². The quantitative estimate of drug-likeness (QED) is 0.755. The van der Waals surface area contributed by atoms with Crippen LogP contribution in [0.4, 0.5) is 0 Å². The van der Waals surface area contributed by atoms with E-state index in [1.807, 2.05) is 20.8 Å². The molecule has 4 nitrogen and oxygen atoms in total. The van der Waals surface area contributed by atoms with E-state index >= 15 is 0 Å². The van der Waals surface area contributed by atoms with Crippen LogP contribution in [0.3, 0.4) is 0 Å². The zero-order valence-electron chi connectivity index (χ0n) is 11.6. The normalized spacial score (nSPS) is 15.5. The Morgan fingerprint density at radius 1 is 1.18 bits per heavy atom. The van der Waals surface area contributed by atoms with Gasteiger partial charge in [-0.05, 0) is 32.6 Å². The van der Waals surface area contributed by atoms with Gasteiger partial charge >= 0.3 is 11.9 Å². The van der Waals surface area contributed by atoms with E-state index in [0.717, 1.165) is 0 Å². The van der Waals surface area contributed by atoms with Crippen LogP contribution < -0.4 is 0 Å². The number of carbonyl (C=O) groups is 2. The minimum atomic E-state index is -0.909. The molecule has 4 heteroatoms. The van der Waals surface area contributed by atoms with Gasteiger partial charge in [-0.1, -0.05) is 20.8 Å². The van der Waals surface area contributed by atoms with Crippen molar-refractivity contribution in [3.05, 3.63) is 0 Å². The highest BCUT2D eigenvalue weighted by Gasteiger charge is 2.30. The molecule has 0 aliphatic heterocycles. The van der Waals surface area contributed by atoms with E-state index in [0.29, 0.717) is 0 Å². The van der Waals surface area contributed by atoms with E-state index < -0.39 is 17.3 Å². The van der Waals surface area contributed by atoms with E-state index in [9.17, 15) is 9.59 Å². The molecule has 1 N–H and O–H groups in total. The van der Waals surface area contributed by atoms with Crippen molar-refractivity contribution in [2.24, 2.45) is 23.2 Å². The molecule has 0 aliphatic carbocycles. The fraction of sp³-hybridized carbons (Fsp3) is 0.846. The van der Waals surface area contributed by atoms with Crippen molar-refractivity contribution in [3.8, 4) is 0 Å². The number of carbonyl (C=O) groups excluding carboxylic acids is 1. The van der Waals surface area contributed by atoms with Crippen molar-refractivity contribution in [1.29, 1.82) is 0 Å². The number of ether oxygens (including phenoxy) is 1. The number of carboxylic acids is 1. The Hall–Kier alpha value is -1.06. The molecule has 2 atom stereocenters. The number of aliphatic carboxylic acids is 1. The van der Waals surface area contributed by atoms with Crippen LogP contribution in [0.15, 0.2) is 0 Å². The molecule has 0 spiro atoms. The first-order valence-corrected chi connectivity index (χ1v) is 5.97. The van der Waals surface area contributed by atoms with Crippen LogP contribution in [0.25, 0.3) is 0 Å². The molecule has 0 heterocycles. The molecule has 0 rings (SSSR count). The van der Waals surface area contributed by atoms with Crippen molar-refractivity contribution in [1.82, 2.24) is 0 Å². The van der Waals surface area contributed by atoms with E-state index in [1.54, 1.807) is 20.8 Å². The highest BCUT2D eigenvalue weighted by Crippen LogP contribution is 2.23. The number of rotatable bonds is 5. The lowest BCUT2D eigenvalue weighted by molar-refractivity contribution is -0.159. The summed E-state index contributed by atoms with van der Waals surface area (Å²) in [5.74, 6) is -1.70. The van der Waals surface area contributed by atoms with Gasteiger partial charge in [0.25, 0.3) is 0 Å². The summed E-state index contributed by atoms with van der Waals surface area (Å²) in [6.07, 6.45) is 0. The molecule has 100 valence electrons. The van der Waals surface area contributed by atoms with Crippen LogP contribution in [0.1, 0.15) is 41.5 Å². The van der Waals surface area contributed by atoms with Crippen LogP contribution in [0.5, 0.6) is 0 Å². The average Bonchev–Trinajstić information content (AvgIpc) is 2.15. The molecular weight excluding hydrogens is 220 g/mol. The van der Waals surface area contributed by atoms with E-state index in [2.05, 4.69) is 0 Å². The molecule has 0 saturated heterocycles. The third-order valence-electron chi connectivity index (χ3n) is 3.01. The molecule has 0 aliphatic rings. The van der Waals surface area contributed by atoms with Gasteiger partial charge in [0, 0.05) is 0 Å². The predicted molar refractivity (Wildman–Crippen MR) is 65.5 cm³/mol. The molecule has 0 radical (unpaired) electrons. The highest BCUT2D eigenvalue weighted by atomic mass is 16.5. The minimum absolute atomic E-state index is 0.0275. The summed E-state index contributed by atoms with van der Waals surface area (Å²) in [4.78, 5) is 22.7. The molecule has 0 unspecified atom stereocenters. The smallest absolute Gasteiger partial charge is 0.311 e. The molecule has 0 saturated carbocycles. The SMILES string of the molecule is CC(C)[C@H](C)[C@@H](COC(=O)C(C)(C)C)C(=O)O. The van der Waals surface area contributed by atoms with Gasteiger partial charge in [0.1, 0.15) is 6.61 Å². The van der Waals surface area contributed by atoms with Gasteiger partial charge in [0.2, 0.25) is 0 Å². The number of hydrogen-bond acceptors (Lipinski definition) is 3. The maximum atomic E-state index is 11.6. The van der Waals surface area contributed by atoms with Gasteiger partial charge in [-0.3, -0.25) is 9.59 Å². The third kappa shape index (κ3) is 5.20. The lowest BCUT2D eigenvalue weighted by atomic mass is 9.85. The van der Waals surface area contributed by atoms with Crippen LogP contribution in [0.2, 0.25) is 0 Å². The molecule has 0 amide bonds. The van der Waals surface area contributed by atoms with E-state index in [4.69, 9.17) is 9.84 Å². The summed E-state index contributed by atoms with van der Waals surface area (Å²) in [6.45, 7) is 11.0. The average molecular weight is 244 g/mol. The molecule has 17 heavy (non-hydrogen) atoms. The Kier molecular flexibility index (Phi) is 5.66. The van der Waals surface area contributed by atoms with Gasteiger partial charge in [-0.2, -0.15) is 0 Å².